The topological polar surface area (TPSA) is 20.3 Å². The average Bonchev–Trinajstić information content (AvgIpc) is 2.38. The molecule has 1 heterocycles. The van der Waals surface area contributed by atoms with Crippen molar-refractivity contribution < 1.29 is 4.79 Å². The Labute approximate surface area is 99.4 Å². The second kappa shape index (κ2) is 5.81. The number of hydrogen-bond donors (Lipinski definition) is 0. The van der Waals surface area contributed by atoms with Gasteiger partial charge in [-0.25, -0.2) is 0 Å². The quantitative estimate of drug-likeness (QED) is 0.685. The van der Waals surface area contributed by atoms with E-state index >= 15 is 0 Å². The van der Waals surface area contributed by atoms with E-state index in [1.165, 1.54) is 51.2 Å². The van der Waals surface area contributed by atoms with Gasteiger partial charge in [0.1, 0.15) is 6.29 Å². The Morgan fingerprint density at radius 2 is 1.88 bits per heavy atom. The molecule has 0 radical (unpaired) electrons. The van der Waals surface area contributed by atoms with Gasteiger partial charge >= 0.3 is 0 Å². The van der Waals surface area contributed by atoms with Gasteiger partial charge in [0.2, 0.25) is 0 Å². The molecule has 0 N–H and O–H groups in total. The van der Waals surface area contributed by atoms with E-state index in [9.17, 15) is 4.79 Å². The highest BCUT2D eigenvalue weighted by Gasteiger charge is 2.34. The van der Waals surface area contributed by atoms with Gasteiger partial charge in [-0.3, -0.25) is 4.90 Å². The molecule has 2 aliphatic rings. The lowest BCUT2D eigenvalue weighted by molar-refractivity contribution is -0.115. The molecule has 1 saturated carbocycles. The lowest BCUT2D eigenvalue weighted by atomic mass is 9.80. The molecule has 16 heavy (non-hydrogen) atoms. The molecule has 2 nitrogen and oxygen atoms in total. The van der Waals surface area contributed by atoms with E-state index in [-0.39, 0.29) is 6.04 Å². The standard InChI is InChI=1S/C14H25NO/c1-2-12-7-3-4-9-14(12)15-10-6-5-8-13(15)11-16/h11-14H,2-10H2,1H3. The summed E-state index contributed by atoms with van der Waals surface area (Å²) in [7, 11) is 0. The number of piperidine rings is 1. The van der Waals surface area contributed by atoms with E-state index in [1.54, 1.807) is 0 Å². The van der Waals surface area contributed by atoms with Crippen LogP contribution in [0.2, 0.25) is 0 Å². The van der Waals surface area contributed by atoms with E-state index in [2.05, 4.69) is 11.8 Å². The molecule has 0 aromatic heterocycles. The van der Waals surface area contributed by atoms with Crippen LogP contribution in [-0.2, 0) is 4.79 Å². The molecule has 0 aromatic carbocycles. The molecule has 0 aromatic rings. The Balaban J connectivity index is 2.04. The first-order chi connectivity index (χ1) is 7.86. The fraction of sp³-hybridized carbons (Fsp3) is 0.929. The van der Waals surface area contributed by atoms with Crippen LogP contribution < -0.4 is 0 Å². The molecule has 92 valence electrons. The minimum Gasteiger partial charge on any atom is -0.302 e. The highest BCUT2D eigenvalue weighted by molar-refractivity contribution is 5.57. The number of carbonyl (C=O) groups excluding carboxylic acids is 1. The van der Waals surface area contributed by atoms with Crippen LogP contribution in [0, 0.1) is 5.92 Å². The van der Waals surface area contributed by atoms with Crippen molar-refractivity contribution >= 4 is 6.29 Å². The van der Waals surface area contributed by atoms with Gasteiger partial charge < -0.3 is 4.79 Å². The summed E-state index contributed by atoms with van der Waals surface area (Å²) in [6.45, 7) is 3.47. The van der Waals surface area contributed by atoms with E-state index in [0.717, 1.165) is 18.9 Å². The number of rotatable bonds is 3. The van der Waals surface area contributed by atoms with Crippen molar-refractivity contribution in [3.05, 3.63) is 0 Å². The summed E-state index contributed by atoms with van der Waals surface area (Å²) in [6, 6.07) is 0.931. The molecule has 3 unspecified atom stereocenters. The van der Waals surface area contributed by atoms with Crippen LogP contribution in [0.25, 0.3) is 0 Å². The van der Waals surface area contributed by atoms with Crippen LogP contribution in [0.4, 0.5) is 0 Å². The van der Waals surface area contributed by atoms with Gasteiger partial charge in [0.25, 0.3) is 0 Å². The van der Waals surface area contributed by atoms with Gasteiger partial charge in [-0.05, 0) is 38.1 Å². The fourth-order valence-electron chi connectivity index (χ4n) is 3.64. The van der Waals surface area contributed by atoms with Gasteiger partial charge in [-0.2, -0.15) is 0 Å². The highest BCUT2D eigenvalue weighted by Crippen LogP contribution is 2.33. The largest absolute Gasteiger partial charge is 0.302 e. The second-order valence-electron chi connectivity index (χ2n) is 5.46. The third-order valence-electron chi connectivity index (χ3n) is 4.57. The number of aldehydes is 1. The lowest BCUT2D eigenvalue weighted by Gasteiger charge is -2.44. The van der Waals surface area contributed by atoms with Gasteiger partial charge in [0, 0.05) is 6.04 Å². The first kappa shape index (κ1) is 12.1. The summed E-state index contributed by atoms with van der Waals surface area (Å²) >= 11 is 0. The zero-order valence-corrected chi connectivity index (χ0v) is 10.5. The van der Waals surface area contributed by atoms with Crippen molar-refractivity contribution in [2.75, 3.05) is 6.54 Å². The Bertz CT molecular complexity index is 229. The smallest absolute Gasteiger partial charge is 0.137 e. The van der Waals surface area contributed by atoms with E-state index < -0.39 is 0 Å². The molecule has 2 fully saturated rings. The van der Waals surface area contributed by atoms with Crippen molar-refractivity contribution in [2.45, 2.75) is 70.4 Å². The van der Waals surface area contributed by atoms with Crippen LogP contribution in [0.1, 0.15) is 58.3 Å². The zero-order valence-electron chi connectivity index (χ0n) is 10.5. The van der Waals surface area contributed by atoms with Crippen LogP contribution in [0.3, 0.4) is 0 Å². The maximum absolute atomic E-state index is 11.2. The van der Waals surface area contributed by atoms with Crippen LogP contribution in [-0.4, -0.2) is 29.8 Å². The van der Waals surface area contributed by atoms with E-state index in [0.29, 0.717) is 6.04 Å². The Kier molecular flexibility index (Phi) is 4.39. The molecule has 2 heteroatoms. The van der Waals surface area contributed by atoms with Crippen molar-refractivity contribution in [3.8, 4) is 0 Å². The molecule has 0 bridgehead atoms. The number of carbonyl (C=O) groups is 1. The molecular weight excluding hydrogens is 198 g/mol. The molecular formula is C14H25NO. The summed E-state index contributed by atoms with van der Waals surface area (Å²) in [5.74, 6) is 0.842. The van der Waals surface area contributed by atoms with Crippen molar-refractivity contribution in [3.63, 3.8) is 0 Å². The van der Waals surface area contributed by atoms with Crippen LogP contribution in [0.15, 0.2) is 0 Å². The summed E-state index contributed by atoms with van der Waals surface area (Å²) in [5.41, 5.74) is 0. The van der Waals surface area contributed by atoms with E-state index in [4.69, 9.17) is 0 Å². The molecule has 2 rings (SSSR count). The molecule has 0 amide bonds. The third-order valence-corrected chi connectivity index (χ3v) is 4.57. The minimum atomic E-state index is 0.228. The maximum atomic E-state index is 11.2. The van der Waals surface area contributed by atoms with Crippen LogP contribution >= 0.6 is 0 Å². The van der Waals surface area contributed by atoms with Gasteiger partial charge in [-0.1, -0.05) is 32.6 Å². The first-order valence-corrected chi connectivity index (χ1v) is 7.08. The predicted molar refractivity (Wildman–Crippen MR) is 66.4 cm³/mol. The summed E-state index contributed by atoms with van der Waals surface area (Å²) < 4.78 is 0. The van der Waals surface area contributed by atoms with Gasteiger partial charge in [0.15, 0.2) is 0 Å². The normalized spacial score (nSPS) is 37.2. The summed E-state index contributed by atoms with van der Waals surface area (Å²) in [5, 5.41) is 0. The summed E-state index contributed by atoms with van der Waals surface area (Å²) in [6.07, 6.45) is 11.6. The average molecular weight is 223 g/mol. The van der Waals surface area contributed by atoms with Crippen molar-refractivity contribution in [1.29, 1.82) is 0 Å². The molecule has 0 spiro atoms. The minimum absolute atomic E-state index is 0.228. The third kappa shape index (κ3) is 2.48. The zero-order chi connectivity index (χ0) is 11.4. The first-order valence-electron chi connectivity index (χ1n) is 7.08. The Hall–Kier alpha value is -0.370. The number of nitrogens with zero attached hydrogens (tertiary/aromatic N) is 1. The number of likely N-dealkylation sites (tertiary alicyclic amines) is 1. The monoisotopic (exact) mass is 223 g/mol. The van der Waals surface area contributed by atoms with Crippen molar-refractivity contribution in [1.82, 2.24) is 4.90 Å². The molecule has 3 atom stereocenters. The SMILES string of the molecule is CCC1CCCCC1N1CCCCC1C=O. The number of hydrogen-bond acceptors (Lipinski definition) is 2. The second-order valence-corrected chi connectivity index (χ2v) is 5.46. The fourth-order valence-corrected chi connectivity index (χ4v) is 3.64. The highest BCUT2D eigenvalue weighted by atomic mass is 16.1. The predicted octanol–water partition coefficient (Wildman–Crippen LogP) is 3.01. The van der Waals surface area contributed by atoms with Crippen molar-refractivity contribution in [2.24, 2.45) is 5.92 Å². The lowest BCUT2D eigenvalue weighted by Crippen LogP contribution is -2.51. The Morgan fingerprint density at radius 1 is 1.12 bits per heavy atom. The Morgan fingerprint density at radius 3 is 2.62 bits per heavy atom. The van der Waals surface area contributed by atoms with Gasteiger partial charge in [-0.15, -0.1) is 0 Å². The van der Waals surface area contributed by atoms with Crippen LogP contribution in [0.5, 0.6) is 0 Å². The van der Waals surface area contributed by atoms with Gasteiger partial charge in [0.05, 0.1) is 6.04 Å². The molecule has 1 aliphatic heterocycles. The van der Waals surface area contributed by atoms with E-state index in [1.807, 2.05) is 0 Å². The molecule has 1 saturated heterocycles. The summed E-state index contributed by atoms with van der Waals surface area (Å²) in [4.78, 5) is 13.7. The maximum Gasteiger partial charge on any atom is 0.137 e. The molecule has 1 aliphatic carbocycles.